The standard InChI is InChI=1S/C19H20FNO/c20-19(15-22)14-21(12-17-9-5-2-6-10-17)13-18(19)11-16-7-3-1-4-8-16/h1-10,15,18H,11-14H2/t18-,19-/m1/s1. The Hall–Kier alpha value is -2.00. The average molecular weight is 297 g/mol. The number of benzene rings is 2. The lowest BCUT2D eigenvalue weighted by Gasteiger charge is -2.19. The van der Waals surface area contributed by atoms with E-state index in [0.29, 0.717) is 25.8 Å². The molecule has 1 heterocycles. The molecule has 1 aliphatic rings. The topological polar surface area (TPSA) is 20.3 Å². The normalized spacial score (nSPS) is 25.2. The second-order valence-corrected chi connectivity index (χ2v) is 6.09. The van der Waals surface area contributed by atoms with E-state index in [-0.39, 0.29) is 12.5 Å². The van der Waals surface area contributed by atoms with E-state index in [2.05, 4.69) is 0 Å². The summed E-state index contributed by atoms with van der Waals surface area (Å²) >= 11 is 0. The number of alkyl halides is 1. The highest BCUT2D eigenvalue weighted by Gasteiger charge is 2.46. The van der Waals surface area contributed by atoms with Gasteiger partial charge in [-0.3, -0.25) is 9.69 Å². The first-order valence-corrected chi connectivity index (χ1v) is 7.65. The number of carbonyl (C=O) groups is 1. The Morgan fingerprint density at radius 3 is 2.23 bits per heavy atom. The minimum Gasteiger partial charge on any atom is -0.300 e. The SMILES string of the molecule is O=C[C@]1(F)CN(Cc2ccccc2)C[C@H]1Cc1ccccc1. The lowest BCUT2D eigenvalue weighted by atomic mass is 9.88. The minimum absolute atomic E-state index is 0.183. The van der Waals surface area contributed by atoms with E-state index in [4.69, 9.17) is 0 Å². The summed E-state index contributed by atoms with van der Waals surface area (Å²) in [7, 11) is 0. The summed E-state index contributed by atoms with van der Waals surface area (Å²) < 4.78 is 14.9. The van der Waals surface area contributed by atoms with E-state index < -0.39 is 5.67 Å². The van der Waals surface area contributed by atoms with Crippen molar-refractivity contribution in [1.29, 1.82) is 0 Å². The van der Waals surface area contributed by atoms with Gasteiger partial charge in [0.25, 0.3) is 0 Å². The first-order chi connectivity index (χ1) is 10.7. The van der Waals surface area contributed by atoms with Crippen LogP contribution in [0, 0.1) is 5.92 Å². The average Bonchev–Trinajstić information content (AvgIpc) is 2.86. The first-order valence-electron chi connectivity index (χ1n) is 7.65. The van der Waals surface area contributed by atoms with Gasteiger partial charge in [0.2, 0.25) is 0 Å². The van der Waals surface area contributed by atoms with Crippen LogP contribution in [0.1, 0.15) is 11.1 Å². The van der Waals surface area contributed by atoms with Crippen LogP contribution >= 0.6 is 0 Å². The van der Waals surface area contributed by atoms with E-state index in [9.17, 15) is 9.18 Å². The highest BCUT2D eigenvalue weighted by atomic mass is 19.1. The van der Waals surface area contributed by atoms with E-state index in [1.807, 2.05) is 65.6 Å². The van der Waals surface area contributed by atoms with E-state index in [0.717, 1.165) is 11.1 Å². The maximum absolute atomic E-state index is 14.9. The molecule has 1 saturated heterocycles. The molecule has 114 valence electrons. The third-order valence-electron chi connectivity index (χ3n) is 4.39. The van der Waals surface area contributed by atoms with Crippen molar-refractivity contribution in [2.45, 2.75) is 18.6 Å². The summed E-state index contributed by atoms with van der Waals surface area (Å²) in [5.74, 6) is -0.281. The summed E-state index contributed by atoms with van der Waals surface area (Å²) in [5.41, 5.74) is 0.485. The lowest BCUT2D eigenvalue weighted by molar-refractivity contribution is -0.119. The van der Waals surface area contributed by atoms with Crippen molar-refractivity contribution in [1.82, 2.24) is 4.90 Å². The zero-order valence-electron chi connectivity index (χ0n) is 12.5. The van der Waals surface area contributed by atoms with Gasteiger partial charge in [0.05, 0.1) is 0 Å². The molecule has 1 aliphatic heterocycles. The van der Waals surface area contributed by atoms with Crippen molar-refractivity contribution in [2.24, 2.45) is 5.92 Å². The van der Waals surface area contributed by atoms with Gasteiger partial charge in [0.1, 0.15) is 0 Å². The Morgan fingerprint density at radius 2 is 1.64 bits per heavy atom. The number of hydrogen-bond donors (Lipinski definition) is 0. The number of likely N-dealkylation sites (tertiary alicyclic amines) is 1. The van der Waals surface area contributed by atoms with Crippen molar-refractivity contribution < 1.29 is 9.18 Å². The smallest absolute Gasteiger partial charge is 0.182 e. The van der Waals surface area contributed by atoms with Crippen molar-refractivity contribution in [2.75, 3.05) is 13.1 Å². The molecule has 1 fully saturated rings. The van der Waals surface area contributed by atoms with Crippen LogP contribution in [0.5, 0.6) is 0 Å². The highest BCUT2D eigenvalue weighted by molar-refractivity contribution is 5.64. The molecule has 0 N–H and O–H groups in total. The van der Waals surface area contributed by atoms with E-state index >= 15 is 0 Å². The number of nitrogens with zero attached hydrogens (tertiary/aromatic N) is 1. The van der Waals surface area contributed by atoms with Crippen molar-refractivity contribution in [3.05, 3.63) is 71.8 Å². The van der Waals surface area contributed by atoms with Crippen LogP contribution in [0.3, 0.4) is 0 Å². The number of carbonyl (C=O) groups excluding carboxylic acids is 1. The molecule has 3 heteroatoms. The molecule has 2 nitrogen and oxygen atoms in total. The van der Waals surface area contributed by atoms with Gasteiger partial charge in [-0.15, -0.1) is 0 Å². The molecule has 0 aliphatic carbocycles. The molecule has 0 aromatic heterocycles. The molecule has 0 amide bonds. The zero-order chi connectivity index (χ0) is 15.4. The number of hydrogen-bond acceptors (Lipinski definition) is 2. The fourth-order valence-corrected chi connectivity index (χ4v) is 3.23. The van der Waals surface area contributed by atoms with Gasteiger partial charge in [0.15, 0.2) is 12.0 Å². The molecule has 2 atom stereocenters. The second kappa shape index (κ2) is 6.41. The second-order valence-electron chi connectivity index (χ2n) is 6.09. The largest absolute Gasteiger partial charge is 0.300 e. The predicted octanol–water partition coefficient (Wildman–Crippen LogP) is 3.27. The van der Waals surface area contributed by atoms with Gasteiger partial charge in [-0.1, -0.05) is 60.7 Å². The van der Waals surface area contributed by atoms with Crippen LogP contribution in [-0.4, -0.2) is 29.9 Å². The summed E-state index contributed by atoms with van der Waals surface area (Å²) in [6.07, 6.45) is 1.10. The molecular weight excluding hydrogens is 277 g/mol. The van der Waals surface area contributed by atoms with Crippen molar-refractivity contribution in [3.63, 3.8) is 0 Å². The molecule has 0 saturated carbocycles. The van der Waals surface area contributed by atoms with Gasteiger partial charge in [-0.05, 0) is 17.5 Å². The predicted molar refractivity (Wildman–Crippen MR) is 85.3 cm³/mol. The van der Waals surface area contributed by atoms with Crippen LogP contribution in [0.4, 0.5) is 4.39 Å². The third kappa shape index (κ3) is 3.25. The monoisotopic (exact) mass is 297 g/mol. The Kier molecular flexibility index (Phi) is 4.34. The van der Waals surface area contributed by atoms with E-state index in [1.54, 1.807) is 0 Å². The maximum Gasteiger partial charge on any atom is 0.182 e. The molecule has 0 spiro atoms. The first kappa shape index (κ1) is 14.9. The Morgan fingerprint density at radius 1 is 1.05 bits per heavy atom. The number of rotatable bonds is 5. The Labute approximate surface area is 130 Å². The van der Waals surface area contributed by atoms with Crippen LogP contribution in [0.2, 0.25) is 0 Å². The molecule has 0 bridgehead atoms. The fourth-order valence-electron chi connectivity index (χ4n) is 3.23. The number of aldehydes is 1. The van der Waals surface area contributed by atoms with Crippen molar-refractivity contribution in [3.8, 4) is 0 Å². The van der Waals surface area contributed by atoms with Crippen LogP contribution in [-0.2, 0) is 17.8 Å². The highest BCUT2D eigenvalue weighted by Crippen LogP contribution is 2.33. The lowest BCUT2D eigenvalue weighted by Crippen LogP contribution is -2.36. The summed E-state index contributed by atoms with van der Waals surface area (Å²) in [5, 5.41) is 0. The van der Waals surface area contributed by atoms with Crippen molar-refractivity contribution >= 4 is 6.29 Å². The quantitative estimate of drug-likeness (QED) is 0.790. The Bertz CT molecular complexity index is 616. The molecule has 0 unspecified atom stereocenters. The van der Waals surface area contributed by atoms with Crippen LogP contribution in [0.15, 0.2) is 60.7 Å². The van der Waals surface area contributed by atoms with Crippen LogP contribution < -0.4 is 0 Å². The van der Waals surface area contributed by atoms with Crippen LogP contribution in [0.25, 0.3) is 0 Å². The third-order valence-corrected chi connectivity index (χ3v) is 4.39. The van der Waals surface area contributed by atoms with Gasteiger partial charge in [-0.25, -0.2) is 4.39 Å². The fraction of sp³-hybridized carbons (Fsp3) is 0.316. The number of halogens is 1. The molecule has 2 aromatic carbocycles. The zero-order valence-corrected chi connectivity index (χ0v) is 12.5. The summed E-state index contributed by atoms with van der Waals surface area (Å²) in [6.45, 7) is 1.48. The summed E-state index contributed by atoms with van der Waals surface area (Å²) in [4.78, 5) is 13.4. The molecule has 2 aromatic rings. The molecule has 0 radical (unpaired) electrons. The van der Waals surface area contributed by atoms with Gasteiger partial charge >= 0.3 is 0 Å². The maximum atomic E-state index is 14.9. The summed E-state index contributed by atoms with van der Waals surface area (Å²) in [6, 6.07) is 19.8. The minimum atomic E-state index is -1.75. The van der Waals surface area contributed by atoms with E-state index in [1.165, 1.54) is 0 Å². The van der Waals surface area contributed by atoms with Gasteiger partial charge in [-0.2, -0.15) is 0 Å². The van der Waals surface area contributed by atoms with Gasteiger partial charge in [0, 0.05) is 25.6 Å². The molecule has 22 heavy (non-hydrogen) atoms. The molecule has 3 rings (SSSR count). The molecular formula is C19H20FNO. The Balaban J connectivity index is 1.71. The van der Waals surface area contributed by atoms with Gasteiger partial charge < -0.3 is 0 Å².